The van der Waals surface area contributed by atoms with E-state index < -0.39 is 6.29 Å². The first-order chi connectivity index (χ1) is 13.7. The van der Waals surface area contributed by atoms with Gasteiger partial charge < -0.3 is 29.4 Å². The topological polar surface area (TPSA) is 86.3 Å². The molecule has 1 amide bonds. The average molecular weight is 389 g/mol. The monoisotopic (exact) mass is 389 g/mol. The summed E-state index contributed by atoms with van der Waals surface area (Å²) in [6.07, 6.45) is 4.71. The van der Waals surface area contributed by atoms with Crippen molar-refractivity contribution >= 4 is 5.91 Å². The van der Waals surface area contributed by atoms with Gasteiger partial charge in [0.05, 0.1) is 0 Å². The molecule has 3 atom stereocenters. The van der Waals surface area contributed by atoms with Crippen LogP contribution < -0.4 is 14.8 Å². The van der Waals surface area contributed by atoms with Crippen LogP contribution in [0, 0.1) is 5.92 Å². The molecule has 28 heavy (non-hydrogen) atoms. The van der Waals surface area contributed by atoms with Crippen LogP contribution in [0.3, 0.4) is 0 Å². The zero-order valence-corrected chi connectivity index (χ0v) is 16.1. The minimum Gasteiger partial charge on any atom is -0.459 e. The first-order valence-corrected chi connectivity index (χ1v) is 10.0. The van der Waals surface area contributed by atoms with E-state index in [1.54, 1.807) is 0 Å². The summed E-state index contributed by atoms with van der Waals surface area (Å²) in [5.74, 6) is 1.41. The summed E-state index contributed by atoms with van der Waals surface area (Å²) in [5.41, 5.74) is 1.01. The van der Waals surface area contributed by atoms with E-state index in [1.807, 2.05) is 31.2 Å². The largest absolute Gasteiger partial charge is 0.459 e. The second kappa shape index (κ2) is 8.41. The second-order valence-electron chi connectivity index (χ2n) is 7.39. The Balaban J connectivity index is 1.66. The number of rotatable bonds is 8. The molecular formula is C21H27NO6. The molecule has 2 aliphatic heterocycles. The van der Waals surface area contributed by atoms with Crippen molar-refractivity contribution in [3.05, 3.63) is 35.6 Å². The van der Waals surface area contributed by atoms with Gasteiger partial charge in [0.15, 0.2) is 17.3 Å². The standard InChI is InChI=1S/C21H27NO6/c1-2-25-21-15(4-3-9-23)16(11-19(28-21)20(24)22-14-6-7-14)13-5-8-17-18(10-13)27-12-26-17/h5,8,10-11,14-16,21,23H,2-4,6-7,9,12H2,1H3,(H,22,24)/t15-,16-,21-/m0/s1. The molecule has 0 spiro atoms. The fourth-order valence-corrected chi connectivity index (χ4v) is 3.75. The Morgan fingerprint density at radius 3 is 2.86 bits per heavy atom. The number of amides is 1. The van der Waals surface area contributed by atoms with Gasteiger partial charge in [0.25, 0.3) is 5.91 Å². The van der Waals surface area contributed by atoms with Gasteiger partial charge in [-0.3, -0.25) is 4.79 Å². The second-order valence-corrected chi connectivity index (χ2v) is 7.39. The lowest BCUT2D eigenvalue weighted by atomic mass is 9.80. The highest BCUT2D eigenvalue weighted by atomic mass is 16.7. The highest BCUT2D eigenvalue weighted by Crippen LogP contribution is 2.42. The predicted octanol–water partition coefficient (Wildman–Crippen LogP) is 2.44. The third-order valence-electron chi connectivity index (χ3n) is 5.33. The van der Waals surface area contributed by atoms with Crippen molar-refractivity contribution < 1.29 is 28.8 Å². The molecule has 4 rings (SSSR count). The van der Waals surface area contributed by atoms with E-state index in [0.29, 0.717) is 31.0 Å². The molecule has 2 N–H and O–H groups in total. The average Bonchev–Trinajstić information content (AvgIpc) is 3.39. The number of aliphatic hydroxyl groups is 1. The molecule has 1 aromatic carbocycles. The SMILES string of the molecule is CCO[C@H]1OC(C(=O)NC2CC2)=C[C@@H](c2ccc3c(c2)OCO3)[C@@H]1CCCO. The van der Waals surface area contributed by atoms with Crippen LogP contribution in [0.25, 0.3) is 0 Å². The zero-order chi connectivity index (χ0) is 19.5. The van der Waals surface area contributed by atoms with Gasteiger partial charge in [-0.15, -0.1) is 0 Å². The summed E-state index contributed by atoms with van der Waals surface area (Å²) in [7, 11) is 0. The normalized spacial score (nSPS) is 25.8. The van der Waals surface area contributed by atoms with Crippen LogP contribution in [-0.2, 0) is 14.3 Å². The summed E-state index contributed by atoms with van der Waals surface area (Å²) < 4.78 is 22.8. The van der Waals surface area contributed by atoms with Crippen LogP contribution >= 0.6 is 0 Å². The molecule has 1 aliphatic carbocycles. The number of carbonyl (C=O) groups excluding carboxylic acids is 1. The van der Waals surface area contributed by atoms with Gasteiger partial charge in [-0.1, -0.05) is 6.07 Å². The molecule has 7 heteroatoms. The molecule has 3 aliphatic rings. The number of fused-ring (bicyclic) bond motifs is 1. The number of benzene rings is 1. The van der Waals surface area contributed by atoms with Crippen LogP contribution in [0.1, 0.15) is 44.1 Å². The van der Waals surface area contributed by atoms with Gasteiger partial charge >= 0.3 is 0 Å². The predicted molar refractivity (Wildman–Crippen MR) is 101 cm³/mol. The highest BCUT2D eigenvalue weighted by Gasteiger charge is 2.39. The van der Waals surface area contributed by atoms with Gasteiger partial charge in [0, 0.05) is 31.1 Å². The van der Waals surface area contributed by atoms with Crippen molar-refractivity contribution in [2.24, 2.45) is 5.92 Å². The summed E-state index contributed by atoms with van der Waals surface area (Å²) in [6.45, 7) is 2.70. The Morgan fingerprint density at radius 1 is 1.29 bits per heavy atom. The maximum Gasteiger partial charge on any atom is 0.286 e. The van der Waals surface area contributed by atoms with Gasteiger partial charge in [-0.05, 0) is 56.4 Å². The fraction of sp³-hybridized carbons (Fsp3) is 0.571. The third kappa shape index (κ3) is 4.10. The van der Waals surface area contributed by atoms with Gasteiger partial charge in [0.2, 0.25) is 13.1 Å². The smallest absolute Gasteiger partial charge is 0.286 e. The van der Waals surface area contributed by atoms with Gasteiger partial charge in [0.1, 0.15) is 0 Å². The zero-order valence-electron chi connectivity index (χ0n) is 16.1. The maximum atomic E-state index is 12.6. The lowest BCUT2D eigenvalue weighted by Gasteiger charge is -2.37. The van der Waals surface area contributed by atoms with Crippen molar-refractivity contribution in [3.8, 4) is 11.5 Å². The van der Waals surface area contributed by atoms with Crippen LogP contribution in [0.15, 0.2) is 30.0 Å². The Morgan fingerprint density at radius 2 is 2.11 bits per heavy atom. The number of carbonyl (C=O) groups is 1. The minimum atomic E-state index is -0.545. The van der Waals surface area contributed by atoms with Crippen molar-refractivity contribution in [1.29, 1.82) is 0 Å². The molecule has 1 saturated carbocycles. The molecule has 152 valence electrons. The summed E-state index contributed by atoms with van der Waals surface area (Å²) in [6, 6.07) is 6.09. The van der Waals surface area contributed by atoms with E-state index in [0.717, 1.165) is 24.2 Å². The molecule has 0 aromatic heterocycles. The molecule has 0 saturated heterocycles. The lowest BCUT2D eigenvalue weighted by molar-refractivity contribution is -0.166. The van der Waals surface area contributed by atoms with Crippen LogP contribution in [-0.4, -0.2) is 43.4 Å². The number of aliphatic hydroxyl groups excluding tert-OH is 1. The molecule has 0 radical (unpaired) electrons. The van der Waals surface area contributed by atoms with E-state index in [-0.39, 0.29) is 37.2 Å². The Bertz CT molecular complexity index is 744. The lowest BCUT2D eigenvalue weighted by Crippen LogP contribution is -2.39. The third-order valence-corrected chi connectivity index (χ3v) is 5.33. The summed E-state index contributed by atoms with van der Waals surface area (Å²) in [5, 5.41) is 12.3. The number of allylic oxidation sites excluding steroid dienone is 1. The summed E-state index contributed by atoms with van der Waals surface area (Å²) in [4.78, 5) is 12.6. The van der Waals surface area contributed by atoms with Crippen LogP contribution in [0.4, 0.5) is 0 Å². The van der Waals surface area contributed by atoms with E-state index in [1.165, 1.54) is 0 Å². The van der Waals surface area contributed by atoms with Crippen molar-refractivity contribution in [2.45, 2.75) is 50.9 Å². The van der Waals surface area contributed by atoms with E-state index in [2.05, 4.69) is 5.32 Å². The molecular weight excluding hydrogens is 362 g/mol. The molecule has 0 bridgehead atoms. The Labute approximate surface area is 164 Å². The highest BCUT2D eigenvalue weighted by molar-refractivity contribution is 5.92. The molecule has 7 nitrogen and oxygen atoms in total. The first-order valence-electron chi connectivity index (χ1n) is 10.0. The first kappa shape index (κ1) is 19.1. The minimum absolute atomic E-state index is 0.0232. The molecule has 1 fully saturated rings. The molecule has 0 unspecified atom stereocenters. The van der Waals surface area contributed by atoms with Crippen molar-refractivity contribution in [3.63, 3.8) is 0 Å². The number of hydrogen-bond acceptors (Lipinski definition) is 6. The maximum absolute atomic E-state index is 12.6. The number of ether oxygens (including phenoxy) is 4. The Kier molecular flexibility index (Phi) is 5.73. The van der Waals surface area contributed by atoms with Gasteiger partial charge in [-0.2, -0.15) is 0 Å². The van der Waals surface area contributed by atoms with Crippen molar-refractivity contribution in [1.82, 2.24) is 5.32 Å². The Hall–Kier alpha value is -2.25. The summed E-state index contributed by atoms with van der Waals surface area (Å²) >= 11 is 0. The van der Waals surface area contributed by atoms with E-state index >= 15 is 0 Å². The fourth-order valence-electron chi connectivity index (χ4n) is 3.75. The van der Waals surface area contributed by atoms with Crippen LogP contribution in [0.5, 0.6) is 11.5 Å². The number of hydrogen-bond donors (Lipinski definition) is 2. The van der Waals surface area contributed by atoms with Crippen LogP contribution in [0.2, 0.25) is 0 Å². The quantitative estimate of drug-likeness (QED) is 0.710. The van der Waals surface area contributed by atoms with E-state index in [4.69, 9.17) is 18.9 Å². The number of nitrogens with one attached hydrogen (secondary N) is 1. The van der Waals surface area contributed by atoms with Gasteiger partial charge in [-0.25, -0.2) is 0 Å². The van der Waals surface area contributed by atoms with Crippen molar-refractivity contribution in [2.75, 3.05) is 20.0 Å². The molecule has 2 heterocycles. The molecule has 1 aromatic rings. The van der Waals surface area contributed by atoms with E-state index in [9.17, 15) is 9.90 Å².